The van der Waals surface area contributed by atoms with Crippen LogP contribution in [-0.2, 0) is 16.6 Å². The van der Waals surface area contributed by atoms with Gasteiger partial charge in [-0.15, -0.1) is 0 Å². The summed E-state index contributed by atoms with van der Waals surface area (Å²) in [5.41, 5.74) is 6.03. The Hall–Kier alpha value is -1.87. The van der Waals surface area contributed by atoms with Gasteiger partial charge in [-0.1, -0.05) is 5.16 Å². The molecule has 0 aliphatic heterocycles. The number of nitrogens with one attached hydrogen (secondary N) is 1. The van der Waals surface area contributed by atoms with Crippen LogP contribution in [-0.4, -0.2) is 35.1 Å². The molecule has 0 bridgehead atoms. The fourth-order valence-electron chi connectivity index (χ4n) is 1.46. The van der Waals surface area contributed by atoms with Gasteiger partial charge in [-0.05, 0) is 6.92 Å². The summed E-state index contributed by atoms with van der Waals surface area (Å²) in [6, 6.07) is 1.67. The monoisotopic (exact) mass is 271 g/mol. The fourth-order valence-corrected chi connectivity index (χ4v) is 2.61. The average Bonchev–Trinajstić information content (AvgIpc) is 2.87. The van der Waals surface area contributed by atoms with Gasteiger partial charge in [-0.25, -0.2) is 8.42 Å². The number of aromatic amines is 1. The number of rotatable bonds is 4. The van der Waals surface area contributed by atoms with Crippen LogP contribution in [0.5, 0.6) is 0 Å². The van der Waals surface area contributed by atoms with Gasteiger partial charge in [0.25, 0.3) is 0 Å². The van der Waals surface area contributed by atoms with Gasteiger partial charge in [-0.3, -0.25) is 5.10 Å². The minimum Gasteiger partial charge on any atom is -0.383 e. The van der Waals surface area contributed by atoms with Crippen molar-refractivity contribution in [2.24, 2.45) is 0 Å². The summed E-state index contributed by atoms with van der Waals surface area (Å²) in [5, 5.41) is 9.71. The molecule has 0 unspecified atom stereocenters. The SMILES string of the molecule is Cc1cc(CN(C)S(=O)(=O)c2cn[nH]c2N)no1. The summed E-state index contributed by atoms with van der Waals surface area (Å²) >= 11 is 0. The van der Waals surface area contributed by atoms with Crippen molar-refractivity contribution in [1.82, 2.24) is 19.7 Å². The molecule has 0 radical (unpaired) electrons. The van der Waals surface area contributed by atoms with E-state index < -0.39 is 10.0 Å². The summed E-state index contributed by atoms with van der Waals surface area (Å²) in [5.74, 6) is 0.636. The predicted molar refractivity (Wildman–Crippen MR) is 62.9 cm³/mol. The van der Waals surface area contributed by atoms with Crippen molar-refractivity contribution < 1.29 is 12.9 Å². The third kappa shape index (κ3) is 2.22. The maximum absolute atomic E-state index is 12.2. The van der Waals surface area contributed by atoms with E-state index in [1.807, 2.05) is 0 Å². The third-order valence-electron chi connectivity index (χ3n) is 2.38. The van der Waals surface area contributed by atoms with Gasteiger partial charge in [0.2, 0.25) is 10.0 Å². The Morgan fingerprint density at radius 2 is 2.28 bits per heavy atom. The molecule has 0 aliphatic rings. The van der Waals surface area contributed by atoms with Gasteiger partial charge in [0.15, 0.2) is 0 Å². The van der Waals surface area contributed by atoms with E-state index in [9.17, 15) is 8.42 Å². The number of sulfonamides is 1. The van der Waals surface area contributed by atoms with E-state index in [4.69, 9.17) is 10.3 Å². The van der Waals surface area contributed by atoms with Gasteiger partial charge >= 0.3 is 0 Å². The maximum Gasteiger partial charge on any atom is 0.248 e. The molecule has 0 amide bonds. The van der Waals surface area contributed by atoms with E-state index in [1.54, 1.807) is 13.0 Å². The summed E-state index contributed by atoms with van der Waals surface area (Å²) < 4.78 is 30.3. The lowest BCUT2D eigenvalue weighted by atomic mass is 10.4. The van der Waals surface area contributed by atoms with Crippen LogP contribution in [0, 0.1) is 6.92 Å². The second-order valence-corrected chi connectivity index (χ2v) is 5.85. The second-order valence-electron chi connectivity index (χ2n) is 3.84. The van der Waals surface area contributed by atoms with E-state index >= 15 is 0 Å². The lowest BCUT2D eigenvalue weighted by Gasteiger charge is -2.14. The second kappa shape index (κ2) is 4.42. The molecule has 2 aromatic rings. The zero-order valence-electron chi connectivity index (χ0n) is 9.91. The zero-order valence-corrected chi connectivity index (χ0v) is 10.7. The Morgan fingerprint density at radius 1 is 1.56 bits per heavy atom. The highest BCUT2D eigenvalue weighted by Gasteiger charge is 2.25. The first-order chi connectivity index (χ1) is 8.41. The van der Waals surface area contributed by atoms with Crippen LogP contribution in [0.3, 0.4) is 0 Å². The number of nitrogen functional groups attached to an aromatic ring is 1. The lowest BCUT2D eigenvalue weighted by Crippen LogP contribution is -2.27. The van der Waals surface area contributed by atoms with Crippen LogP contribution < -0.4 is 5.73 Å². The molecule has 18 heavy (non-hydrogen) atoms. The van der Waals surface area contributed by atoms with E-state index in [2.05, 4.69) is 15.4 Å². The minimum absolute atomic E-state index is 0.0122. The number of aromatic nitrogens is 3. The topological polar surface area (TPSA) is 118 Å². The number of nitrogens with zero attached hydrogens (tertiary/aromatic N) is 3. The molecule has 3 N–H and O–H groups in total. The molecule has 0 aromatic carbocycles. The Morgan fingerprint density at radius 3 is 2.78 bits per heavy atom. The number of hydrogen-bond donors (Lipinski definition) is 2. The Kier molecular flexibility index (Phi) is 3.09. The van der Waals surface area contributed by atoms with Crippen molar-refractivity contribution in [2.75, 3.05) is 12.8 Å². The van der Waals surface area contributed by atoms with Crippen molar-refractivity contribution in [1.29, 1.82) is 0 Å². The molecule has 8 nitrogen and oxygen atoms in total. The minimum atomic E-state index is -3.68. The highest BCUT2D eigenvalue weighted by atomic mass is 32.2. The summed E-state index contributed by atoms with van der Waals surface area (Å²) in [7, 11) is -2.25. The predicted octanol–water partition coefficient (Wildman–Crippen LogP) is 0.109. The standard InChI is InChI=1S/C9H13N5O3S/c1-6-3-7(13-17-6)5-14(2)18(15,16)8-4-11-12-9(8)10/h3-4H,5H2,1-2H3,(H3,10,11,12). The summed E-state index contributed by atoms with van der Waals surface area (Å²) in [6.07, 6.45) is 1.18. The highest BCUT2D eigenvalue weighted by molar-refractivity contribution is 7.89. The Bertz CT molecular complexity index is 645. The molecule has 2 heterocycles. The van der Waals surface area contributed by atoms with Gasteiger partial charge in [-0.2, -0.15) is 9.40 Å². The number of hydrogen-bond acceptors (Lipinski definition) is 6. The first-order valence-corrected chi connectivity index (χ1v) is 6.52. The van der Waals surface area contributed by atoms with Crippen LogP contribution in [0.2, 0.25) is 0 Å². The highest BCUT2D eigenvalue weighted by Crippen LogP contribution is 2.20. The first kappa shape index (κ1) is 12.6. The Labute approximate surface area is 104 Å². The van der Waals surface area contributed by atoms with Crippen LogP contribution in [0.25, 0.3) is 0 Å². The smallest absolute Gasteiger partial charge is 0.248 e. The van der Waals surface area contributed by atoms with Gasteiger partial charge in [0.05, 0.1) is 18.4 Å². The molecule has 2 aromatic heterocycles. The number of H-pyrrole nitrogens is 1. The fraction of sp³-hybridized carbons (Fsp3) is 0.333. The summed E-state index contributed by atoms with van der Waals surface area (Å²) in [6.45, 7) is 1.84. The first-order valence-electron chi connectivity index (χ1n) is 5.08. The van der Waals surface area contributed by atoms with Crippen molar-refractivity contribution >= 4 is 15.8 Å². The van der Waals surface area contributed by atoms with Crippen LogP contribution in [0.15, 0.2) is 21.7 Å². The number of nitrogens with two attached hydrogens (primary N) is 1. The van der Waals surface area contributed by atoms with Gasteiger partial charge in [0, 0.05) is 13.1 Å². The van der Waals surface area contributed by atoms with Crippen LogP contribution in [0.4, 0.5) is 5.82 Å². The normalized spacial score (nSPS) is 12.2. The van der Waals surface area contributed by atoms with Gasteiger partial charge < -0.3 is 10.3 Å². The molecule has 98 valence electrons. The van der Waals surface area contributed by atoms with E-state index in [1.165, 1.54) is 13.2 Å². The lowest BCUT2D eigenvalue weighted by molar-refractivity contribution is 0.378. The average molecular weight is 271 g/mol. The van der Waals surface area contributed by atoms with E-state index in [-0.39, 0.29) is 17.3 Å². The van der Waals surface area contributed by atoms with Crippen molar-refractivity contribution in [3.8, 4) is 0 Å². The molecule has 0 saturated carbocycles. The zero-order chi connectivity index (χ0) is 13.3. The van der Waals surface area contributed by atoms with Crippen molar-refractivity contribution in [3.63, 3.8) is 0 Å². The van der Waals surface area contributed by atoms with Crippen LogP contribution in [0.1, 0.15) is 11.5 Å². The third-order valence-corrected chi connectivity index (χ3v) is 4.21. The molecule has 9 heteroatoms. The molecule has 2 rings (SSSR count). The Balaban J connectivity index is 2.23. The molecular formula is C9H13N5O3S. The van der Waals surface area contributed by atoms with E-state index in [0.29, 0.717) is 11.5 Å². The van der Waals surface area contributed by atoms with Gasteiger partial charge in [0.1, 0.15) is 16.5 Å². The largest absolute Gasteiger partial charge is 0.383 e. The van der Waals surface area contributed by atoms with Crippen LogP contribution >= 0.6 is 0 Å². The van der Waals surface area contributed by atoms with Crippen molar-refractivity contribution in [2.45, 2.75) is 18.4 Å². The molecule has 0 saturated heterocycles. The number of aryl methyl sites for hydroxylation is 1. The molecule has 0 fully saturated rings. The number of anilines is 1. The van der Waals surface area contributed by atoms with E-state index in [0.717, 1.165) is 4.31 Å². The molecule has 0 spiro atoms. The molecular weight excluding hydrogens is 258 g/mol. The summed E-state index contributed by atoms with van der Waals surface area (Å²) in [4.78, 5) is -0.0507. The maximum atomic E-state index is 12.2. The quantitative estimate of drug-likeness (QED) is 0.814. The molecule has 0 atom stereocenters. The molecule has 0 aliphatic carbocycles. The van der Waals surface area contributed by atoms with Crippen molar-refractivity contribution in [3.05, 3.63) is 23.7 Å².